The van der Waals surface area contributed by atoms with Crippen molar-refractivity contribution in [1.82, 2.24) is 14.5 Å². The molecule has 0 radical (unpaired) electrons. The van der Waals surface area contributed by atoms with Gasteiger partial charge in [0, 0.05) is 11.9 Å². The zero-order valence-corrected chi connectivity index (χ0v) is 9.20. The highest BCUT2D eigenvalue weighted by Gasteiger charge is 2.26. The first-order valence-electron chi connectivity index (χ1n) is 5.02. The number of rotatable bonds is 3. The van der Waals surface area contributed by atoms with Crippen LogP contribution in [0.25, 0.3) is 0 Å². The van der Waals surface area contributed by atoms with Crippen molar-refractivity contribution in [3.63, 3.8) is 0 Å². The second-order valence-corrected chi connectivity index (χ2v) is 4.50. The van der Waals surface area contributed by atoms with Gasteiger partial charge in [0.25, 0.3) is 0 Å². The fourth-order valence-corrected chi connectivity index (χ4v) is 2.49. The van der Waals surface area contributed by atoms with Crippen molar-refractivity contribution in [1.29, 1.82) is 0 Å². The minimum absolute atomic E-state index is 0.394. The van der Waals surface area contributed by atoms with E-state index in [1.165, 1.54) is 18.0 Å². The second-order valence-electron chi connectivity index (χ2n) is 3.89. The molecule has 0 spiro atoms. The standard InChI is InChI=1S/C9H16N4S/c1-7(9-6-14-12-11-9)13-3-2-8(4-10)5-13/h6-8H,2-5,10H2,1H3. The summed E-state index contributed by atoms with van der Waals surface area (Å²) in [4.78, 5) is 2.44. The van der Waals surface area contributed by atoms with Gasteiger partial charge in [-0.05, 0) is 43.9 Å². The monoisotopic (exact) mass is 212 g/mol. The molecule has 0 aromatic carbocycles. The normalized spacial score (nSPS) is 25.4. The highest BCUT2D eigenvalue weighted by molar-refractivity contribution is 7.03. The van der Waals surface area contributed by atoms with Gasteiger partial charge in [0.05, 0.1) is 11.7 Å². The summed E-state index contributed by atoms with van der Waals surface area (Å²) >= 11 is 1.42. The average molecular weight is 212 g/mol. The molecular formula is C9H16N4S. The zero-order valence-electron chi connectivity index (χ0n) is 8.39. The van der Waals surface area contributed by atoms with Crippen LogP contribution < -0.4 is 5.73 Å². The largest absolute Gasteiger partial charge is 0.330 e. The van der Waals surface area contributed by atoms with E-state index in [4.69, 9.17) is 5.73 Å². The van der Waals surface area contributed by atoms with Crippen LogP contribution in [-0.2, 0) is 0 Å². The van der Waals surface area contributed by atoms with Gasteiger partial charge in [-0.3, -0.25) is 4.90 Å². The van der Waals surface area contributed by atoms with Crippen LogP contribution in [0.4, 0.5) is 0 Å². The number of hydrogen-bond acceptors (Lipinski definition) is 5. The molecule has 1 aliphatic rings. The number of likely N-dealkylation sites (tertiary alicyclic amines) is 1. The van der Waals surface area contributed by atoms with E-state index in [0.717, 1.165) is 25.3 Å². The van der Waals surface area contributed by atoms with Gasteiger partial charge >= 0.3 is 0 Å². The molecule has 2 rings (SSSR count). The van der Waals surface area contributed by atoms with Crippen molar-refractivity contribution in [2.45, 2.75) is 19.4 Å². The molecule has 4 nitrogen and oxygen atoms in total. The Bertz CT molecular complexity index is 274. The quantitative estimate of drug-likeness (QED) is 0.808. The highest BCUT2D eigenvalue weighted by atomic mass is 32.1. The number of aromatic nitrogens is 2. The first-order chi connectivity index (χ1) is 6.81. The molecule has 0 amide bonds. The van der Waals surface area contributed by atoms with Crippen LogP contribution in [0.1, 0.15) is 25.1 Å². The van der Waals surface area contributed by atoms with Crippen molar-refractivity contribution in [2.24, 2.45) is 11.7 Å². The summed E-state index contributed by atoms with van der Waals surface area (Å²) < 4.78 is 3.89. The molecule has 2 N–H and O–H groups in total. The Hall–Kier alpha value is -0.520. The summed E-state index contributed by atoms with van der Waals surface area (Å²) in [6.07, 6.45) is 1.22. The lowest BCUT2D eigenvalue weighted by atomic mass is 10.1. The summed E-state index contributed by atoms with van der Waals surface area (Å²) in [5.74, 6) is 0.670. The predicted molar refractivity (Wildman–Crippen MR) is 57.1 cm³/mol. The summed E-state index contributed by atoms with van der Waals surface area (Å²) in [5, 5.41) is 6.14. The van der Waals surface area contributed by atoms with E-state index in [2.05, 4.69) is 21.4 Å². The van der Waals surface area contributed by atoms with Crippen LogP contribution in [0.5, 0.6) is 0 Å². The molecule has 2 unspecified atom stereocenters. The lowest BCUT2D eigenvalue weighted by Gasteiger charge is -2.22. The van der Waals surface area contributed by atoms with E-state index < -0.39 is 0 Å². The van der Waals surface area contributed by atoms with Crippen molar-refractivity contribution < 1.29 is 0 Å². The van der Waals surface area contributed by atoms with E-state index >= 15 is 0 Å². The minimum atomic E-state index is 0.394. The van der Waals surface area contributed by atoms with Gasteiger partial charge in [-0.2, -0.15) is 0 Å². The summed E-state index contributed by atoms with van der Waals surface area (Å²) in [6, 6.07) is 0.394. The SMILES string of the molecule is CC(c1csnn1)N1CCC(CN)C1. The van der Waals surface area contributed by atoms with Crippen molar-refractivity contribution in [2.75, 3.05) is 19.6 Å². The Morgan fingerprint density at radius 3 is 3.21 bits per heavy atom. The maximum absolute atomic E-state index is 5.66. The van der Waals surface area contributed by atoms with Gasteiger partial charge in [-0.1, -0.05) is 4.49 Å². The zero-order chi connectivity index (χ0) is 9.97. The van der Waals surface area contributed by atoms with Gasteiger partial charge in [0.1, 0.15) is 0 Å². The second kappa shape index (κ2) is 4.33. The van der Waals surface area contributed by atoms with Gasteiger partial charge in [-0.15, -0.1) is 5.10 Å². The number of nitrogens with zero attached hydrogens (tertiary/aromatic N) is 3. The first kappa shape index (κ1) is 10.0. The molecule has 1 fully saturated rings. The van der Waals surface area contributed by atoms with Crippen LogP contribution in [0.3, 0.4) is 0 Å². The number of hydrogen-bond donors (Lipinski definition) is 1. The Labute approximate surface area is 88.3 Å². The molecule has 14 heavy (non-hydrogen) atoms. The van der Waals surface area contributed by atoms with Gasteiger partial charge in [-0.25, -0.2) is 0 Å². The fraction of sp³-hybridized carbons (Fsp3) is 0.778. The molecular weight excluding hydrogens is 196 g/mol. The highest BCUT2D eigenvalue weighted by Crippen LogP contribution is 2.25. The summed E-state index contributed by atoms with van der Waals surface area (Å²) in [7, 11) is 0. The molecule has 1 aliphatic heterocycles. The van der Waals surface area contributed by atoms with Crippen LogP contribution in [0, 0.1) is 5.92 Å². The molecule has 1 aromatic heterocycles. The van der Waals surface area contributed by atoms with E-state index in [-0.39, 0.29) is 0 Å². The molecule has 0 aliphatic carbocycles. The fourth-order valence-electron chi connectivity index (χ4n) is 1.95. The Balaban J connectivity index is 1.97. The van der Waals surface area contributed by atoms with Gasteiger partial charge in [0.2, 0.25) is 0 Å². The topological polar surface area (TPSA) is 55.0 Å². The average Bonchev–Trinajstić information content (AvgIpc) is 2.88. The smallest absolute Gasteiger partial charge is 0.0924 e. The third kappa shape index (κ3) is 1.94. The van der Waals surface area contributed by atoms with Crippen molar-refractivity contribution >= 4 is 11.5 Å². The van der Waals surface area contributed by atoms with Crippen LogP contribution in [0.2, 0.25) is 0 Å². The summed E-state index contributed by atoms with van der Waals surface area (Å²) in [6.45, 7) is 5.24. The Kier molecular flexibility index (Phi) is 3.10. The van der Waals surface area contributed by atoms with Crippen LogP contribution >= 0.6 is 11.5 Å². The minimum Gasteiger partial charge on any atom is -0.330 e. The predicted octanol–water partition coefficient (Wildman–Crippen LogP) is 0.880. The van der Waals surface area contributed by atoms with E-state index in [9.17, 15) is 0 Å². The molecule has 1 aromatic rings. The molecule has 78 valence electrons. The van der Waals surface area contributed by atoms with Crippen LogP contribution in [-0.4, -0.2) is 34.1 Å². The van der Waals surface area contributed by atoms with E-state index in [1.807, 2.05) is 5.38 Å². The molecule has 2 heterocycles. The maximum atomic E-state index is 5.66. The van der Waals surface area contributed by atoms with E-state index in [1.54, 1.807) is 0 Å². The molecule has 2 atom stereocenters. The molecule has 5 heteroatoms. The number of nitrogens with two attached hydrogens (primary N) is 1. The third-order valence-corrected chi connectivity index (χ3v) is 3.53. The first-order valence-corrected chi connectivity index (χ1v) is 5.86. The van der Waals surface area contributed by atoms with Crippen LogP contribution in [0.15, 0.2) is 5.38 Å². The van der Waals surface area contributed by atoms with Gasteiger partial charge in [0.15, 0.2) is 0 Å². The van der Waals surface area contributed by atoms with Crippen molar-refractivity contribution in [3.8, 4) is 0 Å². The third-order valence-electron chi connectivity index (χ3n) is 3.00. The maximum Gasteiger partial charge on any atom is 0.0924 e. The lowest BCUT2D eigenvalue weighted by molar-refractivity contribution is 0.249. The van der Waals surface area contributed by atoms with E-state index in [0.29, 0.717) is 12.0 Å². The molecule has 0 saturated carbocycles. The van der Waals surface area contributed by atoms with Crippen molar-refractivity contribution in [3.05, 3.63) is 11.1 Å². The lowest BCUT2D eigenvalue weighted by Crippen LogP contribution is -2.26. The Morgan fingerprint density at radius 2 is 2.64 bits per heavy atom. The molecule has 0 bridgehead atoms. The summed E-state index contributed by atoms with van der Waals surface area (Å²) in [5.41, 5.74) is 6.75. The Morgan fingerprint density at radius 1 is 1.79 bits per heavy atom. The van der Waals surface area contributed by atoms with Gasteiger partial charge < -0.3 is 5.73 Å². The molecule has 1 saturated heterocycles.